The molecule has 0 saturated heterocycles. The molecule has 3 atom stereocenters. The lowest BCUT2D eigenvalue weighted by Gasteiger charge is -2.53. The van der Waals surface area contributed by atoms with Crippen molar-refractivity contribution in [3.8, 4) is 5.75 Å². The molecule has 122 valence electrons. The molecular formula is C21H32O. The standard InChI is InChI=1S/C21H32O/c1-5-20-19-10-8-15-14-16(22-4)9-11-17(15)18(19)12-13-21(20,6-2)7-3/h9,11,14,18-20H,5-8,10,12-13H2,1-4H3/t18-,19-,20?/m1/s1. The second kappa shape index (κ2) is 6.26. The van der Waals surface area contributed by atoms with Crippen molar-refractivity contribution >= 4 is 0 Å². The minimum absolute atomic E-state index is 0.611. The van der Waals surface area contributed by atoms with Gasteiger partial charge < -0.3 is 4.74 Å². The van der Waals surface area contributed by atoms with Crippen molar-refractivity contribution in [1.82, 2.24) is 0 Å². The lowest BCUT2D eigenvalue weighted by molar-refractivity contribution is 0.00732. The van der Waals surface area contributed by atoms with Gasteiger partial charge in [0.2, 0.25) is 0 Å². The molecular weight excluding hydrogens is 268 g/mol. The summed E-state index contributed by atoms with van der Waals surface area (Å²) in [6.45, 7) is 7.28. The predicted octanol–water partition coefficient (Wildman–Crippen LogP) is 5.97. The Hall–Kier alpha value is -0.980. The van der Waals surface area contributed by atoms with Crippen molar-refractivity contribution in [2.24, 2.45) is 17.3 Å². The molecule has 1 aromatic rings. The van der Waals surface area contributed by atoms with Crippen molar-refractivity contribution in [3.63, 3.8) is 0 Å². The highest BCUT2D eigenvalue weighted by atomic mass is 16.5. The molecule has 0 radical (unpaired) electrons. The van der Waals surface area contributed by atoms with Crippen LogP contribution >= 0.6 is 0 Å². The molecule has 0 spiro atoms. The van der Waals surface area contributed by atoms with Crippen LogP contribution in [0.4, 0.5) is 0 Å². The monoisotopic (exact) mass is 300 g/mol. The van der Waals surface area contributed by atoms with Crippen LogP contribution in [-0.4, -0.2) is 7.11 Å². The van der Waals surface area contributed by atoms with E-state index in [9.17, 15) is 0 Å². The van der Waals surface area contributed by atoms with E-state index in [0.717, 1.165) is 23.5 Å². The van der Waals surface area contributed by atoms with Gasteiger partial charge in [0, 0.05) is 0 Å². The van der Waals surface area contributed by atoms with Gasteiger partial charge in [0.15, 0.2) is 0 Å². The number of fused-ring (bicyclic) bond motifs is 3. The minimum Gasteiger partial charge on any atom is -0.497 e. The van der Waals surface area contributed by atoms with Crippen LogP contribution in [-0.2, 0) is 6.42 Å². The summed E-state index contributed by atoms with van der Waals surface area (Å²) in [6, 6.07) is 6.82. The molecule has 1 nitrogen and oxygen atoms in total. The Morgan fingerprint density at radius 2 is 1.91 bits per heavy atom. The Bertz CT molecular complexity index is 515. The van der Waals surface area contributed by atoms with Crippen molar-refractivity contribution in [2.75, 3.05) is 7.11 Å². The number of ether oxygens (including phenoxy) is 1. The average molecular weight is 300 g/mol. The second-order valence-corrected chi connectivity index (χ2v) is 7.50. The molecule has 22 heavy (non-hydrogen) atoms. The first-order valence-corrected chi connectivity index (χ1v) is 9.35. The maximum atomic E-state index is 5.43. The molecule has 0 N–H and O–H groups in total. The zero-order valence-corrected chi connectivity index (χ0v) is 14.8. The molecule has 3 rings (SSSR count). The predicted molar refractivity (Wildman–Crippen MR) is 93.6 cm³/mol. The van der Waals surface area contributed by atoms with Gasteiger partial charge in [-0.05, 0) is 72.1 Å². The third-order valence-electron chi connectivity index (χ3n) is 7.12. The van der Waals surface area contributed by atoms with Gasteiger partial charge in [-0.25, -0.2) is 0 Å². The van der Waals surface area contributed by atoms with Gasteiger partial charge in [0.25, 0.3) is 0 Å². The largest absolute Gasteiger partial charge is 0.497 e. The molecule has 0 aliphatic heterocycles. The van der Waals surface area contributed by atoms with Crippen LogP contribution < -0.4 is 4.74 Å². The molecule has 0 amide bonds. The molecule has 1 aromatic carbocycles. The maximum absolute atomic E-state index is 5.43. The van der Waals surface area contributed by atoms with Gasteiger partial charge in [-0.1, -0.05) is 46.1 Å². The SMILES string of the molecule is CCC1[C@@H]2CCc3cc(OC)ccc3[C@H]2CCC1(CC)CC. The third-order valence-corrected chi connectivity index (χ3v) is 7.12. The van der Waals surface area contributed by atoms with E-state index in [0.29, 0.717) is 5.41 Å². The van der Waals surface area contributed by atoms with Crippen LogP contribution in [0.2, 0.25) is 0 Å². The highest BCUT2D eigenvalue weighted by molar-refractivity contribution is 5.40. The zero-order valence-electron chi connectivity index (χ0n) is 14.8. The van der Waals surface area contributed by atoms with E-state index in [1.54, 1.807) is 18.2 Å². The van der Waals surface area contributed by atoms with Crippen molar-refractivity contribution in [3.05, 3.63) is 29.3 Å². The summed E-state index contributed by atoms with van der Waals surface area (Å²) < 4.78 is 5.43. The van der Waals surface area contributed by atoms with Crippen LogP contribution in [0, 0.1) is 17.3 Å². The van der Waals surface area contributed by atoms with E-state index in [2.05, 4.69) is 39.0 Å². The minimum atomic E-state index is 0.611. The fraction of sp³-hybridized carbons (Fsp3) is 0.714. The van der Waals surface area contributed by atoms with Gasteiger partial charge in [0.05, 0.1) is 7.11 Å². The Balaban J connectivity index is 1.94. The molecule has 0 heterocycles. The highest BCUT2D eigenvalue weighted by Gasteiger charge is 2.47. The Kier molecular flexibility index (Phi) is 4.52. The first-order chi connectivity index (χ1) is 10.7. The number of methoxy groups -OCH3 is 1. The molecule has 1 saturated carbocycles. The fourth-order valence-electron chi connectivity index (χ4n) is 5.84. The van der Waals surface area contributed by atoms with E-state index in [1.807, 2.05) is 0 Å². The quantitative estimate of drug-likeness (QED) is 0.666. The second-order valence-electron chi connectivity index (χ2n) is 7.50. The summed E-state index contributed by atoms with van der Waals surface area (Å²) in [5.74, 6) is 3.64. The summed E-state index contributed by atoms with van der Waals surface area (Å²) in [4.78, 5) is 0. The van der Waals surface area contributed by atoms with E-state index in [4.69, 9.17) is 4.74 Å². The molecule has 2 aliphatic carbocycles. The van der Waals surface area contributed by atoms with Crippen LogP contribution in [0.1, 0.15) is 76.3 Å². The molecule has 0 bridgehead atoms. The lowest BCUT2D eigenvalue weighted by atomic mass is 9.52. The van der Waals surface area contributed by atoms with Crippen molar-refractivity contribution < 1.29 is 4.74 Å². The highest BCUT2D eigenvalue weighted by Crippen LogP contribution is 2.58. The average Bonchev–Trinajstić information content (AvgIpc) is 2.59. The van der Waals surface area contributed by atoms with Crippen LogP contribution in [0.25, 0.3) is 0 Å². The molecule has 1 heteroatoms. The lowest BCUT2D eigenvalue weighted by Crippen LogP contribution is -2.43. The van der Waals surface area contributed by atoms with Crippen LogP contribution in [0.5, 0.6) is 5.75 Å². The smallest absolute Gasteiger partial charge is 0.119 e. The van der Waals surface area contributed by atoms with E-state index in [1.165, 1.54) is 44.9 Å². The number of benzene rings is 1. The Labute approximate surface area is 136 Å². The summed E-state index contributed by atoms with van der Waals surface area (Å²) in [5.41, 5.74) is 3.80. The number of hydrogen-bond acceptors (Lipinski definition) is 1. The van der Waals surface area contributed by atoms with Gasteiger partial charge in [-0.15, -0.1) is 0 Å². The van der Waals surface area contributed by atoms with Gasteiger partial charge in [-0.2, -0.15) is 0 Å². The first-order valence-electron chi connectivity index (χ1n) is 9.35. The Morgan fingerprint density at radius 3 is 2.55 bits per heavy atom. The van der Waals surface area contributed by atoms with Gasteiger partial charge in [-0.3, -0.25) is 0 Å². The van der Waals surface area contributed by atoms with Gasteiger partial charge >= 0.3 is 0 Å². The van der Waals surface area contributed by atoms with Gasteiger partial charge in [0.1, 0.15) is 5.75 Å². The van der Waals surface area contributed by atoms with Crippen molar-refractivity contribution in [1.29, 1.82) is 0 Å². The molecule has 1 fully saturated rings. The van der Waals surface area contributed by atoms with E-state index in [-0.39, 0.29) is 0 Å². The zero-order chi connectivity index (χ0) is 15.7. The van der Waals surface area contributed by atoms with E-state index < -0.39 is 0 Å². The van der Waals surface area contributed by atoms with E-state index >= 15 is 0 Å². The summed E-state index contributed by atoms with van der Waals surface area (Å²) in [5, 5.41) is 0. The first kappa shape index (κ1) is 15.9. The Morgan fingerprint density at radius 1 is 1.14 bits per heavy atom. The number of hydrogen-bond donors (Lipinski definition) is 0. The maximum Gasteiger partial charge on any atom is 0.119 e. The molecule has 0 aromatic heterocycles. The topological polar surface area (TPSA) is 9.23 Å². The normalized spacial score (nSPS) is 29.5. The number of aryl methyl sites for hydroxylation is 1. The fourth-order valence-corrected chi connectivity index (χ4v) is 5.84. The number of rotatable bonds is 4. The summed E-state index contributed by atoms with van der Waals surface area (Å²) in [6.07, 6.45) is 9.52. The van der Waals surface area contributed by atoms with Crippen LogP contribution in [0.3, 0.4) is 0 Å². The van der Waals surface area contributed by atoms with Crippen molar-refractivity contribution in [2.45, 2.75) is 71.6 Å². The van der Waals surface area contributed by atoms with Crippen LogP contribution in [0.15, 0.2) is 18.2 Å². The summed E-state index contributed by atoms with van der Waals surface area (Å²) in [7, 11) is 1.78. The molecule has 2 aliphatic rings. The third kappa shape index (κ3) is 2.37. The summed E-state index contributed by atoms with van der Waals surface area (Å²) >= 11 is 0. The molecule has 1 unspecified atom stereocenters.